The average molecular weight is 369 g/mol. The lowest BCUT2D eigenvalue weighted by molar-refractivity contribution is 0.0703. The van der Waals surface area contributed by atoms with E-state index in [0.29, 0.717) is 5.92 Å². The van der Waals surface area contributed by atoms with Gasteiger partial charge in [0, 0.05) is 49.8 Å². The SMILES string of the molecule is CC/C=C1/C(C2CCN(C(=O)c3ccn(C(C)(C)C)c3)CC2)=CNC1=NC. The summed E-state index contributed by atoms with van der Waals surface area (Å²) in [5.41, 5.74) is 3.38. The lowest BCUT2D eigenvalue weighted by atomic mass is 9.85. The van der Waals surface area contributed by atoms with Gasteiger partial charge in [-0.1, -0.05) is 13.0 Å². The number of amidine groups is 1. The lowest BCUT2D eigenvalue weighted by Gasteiger charge is -2.32. The average Bonchev–Trinajstić information content (AvgIpc) is 3.29. The summed E-state index contributed by atoms with van der Waals surface area (Å²) in [5.74, 6) is 1.60. The second kappa shape index (κ2) is 7.75. The molecule has 2 aliphatic heterocycles. The molecule has 1 aromatic heterocycles. The van der Waals surface area contributed by atoms with Crippen LogP contribution in [0, 0.1) is 5.92 Å². The number of rotatable bonds is 3. The number of carbonyl (C=O) groups excluding carboxylic acids is 1. The van der Waals surface area contributed by atoms with Crippen LogP contribution in [0.25, 0.3) is 0 Å². The van der Waals surface area contributed by atoms with Crippen LogP contribution >= 0.6 is 0 Å². The van der Waals surface area contributed by atoms with Gasteiger partial charge in [0.15, 0.2) is 0 Å². The fraction of sp³-hybridized carbons (Fsp3) is 0.545. The summed E-state index contributed by atoms with van der Waals surface area (Å²) in [6.07, 6.45) is 11.3. The Morgan fingerprint density at radius 3 is 2.59 bits per heavy atom. The van der Waals surface area contributed by atoms with Crippen LogP contribution in [0.15, 0.2) is 46.9 Å². The van der Waals surface area contributed by atoms with Crippen molar-refractivity contribution in [1.29, 1.82) is 0 Å². The van der Waals surface area contributed by atoms with Gasteiger partial charge in [0.2, 0.25) is 0 Å². The van der Waals surface area contributed by atoms with Crippen LogP contribution in [-0.2, 0) is 5.54 Å². The van der Waals surface area contributed by atoms with Gasteiger partial charge in [0.05, 0.1) is 5.56 Å². The summed E-state index contributed by atoms with van der Waals surface area (Å²) in [4.78, 5) is 19.2. The fourth-order valence-electron chi connectivity index (χ4n) is 3.90. The van der Waals surface area contributed by atoms with E-state index in [1.54, 1.807) is 0 Å². The Bertz CT molecular complexity index is 783. The van der Waals surface area contributed by atoms with Crippen molar-refractivity contribution in [2.24, 2.45) is 10.9 Å². The number of hydrogen-bond acceptors (Lipinski definition) is 2. The van der Waals surface area contributed by atoms with Crippen molar-refractivity contribution in [2.75, 3.05) is 20.1 Å². The third-order valence-corrected chi connectivity index (χ3v) is 5.50. The predicted molar refractivity (Wildman–Crippen MR) is 111 cm³/mol. The van der Waals surface area contributed by atoms with E-state index in [1.807, 2.05) is 30.4 Å². The van der Waals surface area contributed by atoms with Gasteiger partial charge in [-0.15, -0.1) is 0 Å². The molecule has 3 heterocycles. The van der Waals surface area contributed by atoms with Gasteiger partial charge >= 0.3 is 0 Å². The Labute approximate surface area is 162 Å². The molecule has 146 valence electrons. The van der Waals surface area contributed by atoms with Gasteiger partial charge in [-0.25, -0.2) is 0 Å². The maximum Gasteiger partial charge on any atom is 0.255 e. The highest BCUT2D eigenvalue weighted by Gasteiger charge is 2.30. The number of nitrogens with one attached hydrogen (secondary N) is 1. The smallest absolute Gasteiger partial charge is 0.255 e. The molecular weight excluding hydrogens is 336 g/mol. The summed E-state index contributed by atoms with van der Waals surface area (Å²) in [7, 11) is 1.83. The zero-order valence-electron chi connectivity index (χ0n) is 17.2. The number of carbonyl (C=O) groups is 1. The molecule has 1 saturated heterocycles. The number of amides is 1. The number of aromatic nitrogens is 1. The first-order valence-electron chi connectivity index (χ1n) is 9.97. The number of likely N-dealkylation sites (tertiary alicyclic amines) is 1. The molecule has 0 bridgehead atoms. The van der Waals surface area contributed by atoms with Crippen LogP contribution < -0.4 is 5.32 Å². The van der Waals surface area contributed by atoms with Crippen molar-refractivity contribution in [3.05, 3.63) is 47.4 Å². The van der Waals surface area contributed by atoms with Crippen molar-refractivity contribution >= 4 is 11.7 Å². The van der Waals surface area contributed by atoms with E-state index in [2.05, 4.69) is 54.8 Å². The van der Waals surface area contributed by atoms with E-state index in [-0.39, 0.29) is 11.4 Å². The van der Waals surface area contributed by atoms with Gasteiger partial charge in [0.25, 0.3) is 5.91 Å². The zero-order valence-corrected chi connectivity index (χ0v) is 17.2. The van der Waals surface area contributed by atoms with Gasteiger partial charge in [-0.2, -0.15) is 0 Å². The standard InChI is InChI=1S/C22H32N4O/c1-6-7-18-19(14-24-20(18)23-5)16-8-11-25(12-9-16)21(27)17-10-13-26(15-17)22(2,3)4/h7,10,13-16H,6,8-9,11-12H2,1-5H3,(H,23,24)/b18-7-. The highest BCUT2D eigenvalue weighted by atomic mass is 16.2. The molecule has 0 radical (unpaired) electrons. The van der Waals surface area contributed by atoms with Crippen LogP contribution in [0.1, 0.15) is 57.3 Å². The van der Waals surface area contributed by atoms with Crippen molar-refractivity contribution in [3.63, 3.8) is 0 Å². The highest BCUT2D eigenvalue weighted by molar-refractivity contribution is 6.05. The molecule has 27 heavy (non-hydrogen) atoms. The van der Waals surface area contributed by atoms with Gasteiger partial charge in [-0.3, -0.25) is 9.79 Å². The molecule has 0 atom stereocenters. The first-order valence-corrected chi connectivity index (χ1v) is 9.97. The molecule has 1 N–H and O–H groups in total. The number of allylic oxidation sites excluding steroid dienone is 1. The number of aliphatic imine (C=N–C) groups is 1. The molecular formula is C22H32N4O. The predicted octanol–water partition coefficient (Wildman–Crippen LogP) is 3.95. The topological polar surface area (TPSA) is 49.6 Å². The van der Waals surface area contributed by atoms with E-state index in [9.17, 15) is 4.79 Å². The maximum absolute atomic E-state index is 12.9. The molecule has 0 aromatic carbocycles. The lowest BCUT2D eigenvalue weighted by Crippen LogP contribution is -2.38. The van der Waals surface area contributed by atoms with E-state index < -0.39 is 0 Å². The molecule has 0 aliphatic carbocycles. The van der Waals surface area contributed by atoms with Gasteiger partial charge in [0.1, 0.15) is 5.84 Å². The number of nitrogens with zero attached hydrogens (tertiary/aromatic N) is 3. The second-order valence-electron chi connectivity index (χ2n) is 8.39. The second-order valence-corrected chi connectivity index (χ2v) is 8.39. The van der Waals surface area contributed by atoms with Crippen LogP contribution in [0.4, 0.5) is 0 Å². The molecule has 5 nitrogen and oxygen atoms in total. The monoisotopic (exact) mass is 368 g/mol. The normalized spacial score (nSPS) is 21.7. The van der Waals surface area contributed by atoms with E-state index in [4.69, 9.17) is 0 Å². The maximum atomic E-state index is 12.9. The Morgan fingerprint density at radius 1 is 1.33 bits per heavy atom. The summed E-state index contributed by atoms with van der Waals surface area (Å²) in [5, 5.41) is 3.30. The first kappa shape index (κ1) is 19.5. The third-order valence-electron chi connectivity index (χ3n) is 5.50. The minimum atomic E-state index is -0.00593. The van der Waals surface area contributed by atoms with Crippen LogP contribution in [0.2, 0.25) is 0 Å². The highest BCUT2D eigenvalue weighted by Crippen LogP contribution is 2.33. The fourth-order valence-corrected chi connectivity index (χ4v) is 3.90. The molecule has 0 unspecified atom stereocenters. The number of piperidine rings is 1. The molecule has 3 rings (SSSR count). The molecule has 5 heteroatoms. The van der Waals surface area contributed by atoms with Crippen molar-refractivity contribution in [2.45, 2.75) is 52.5 Å². The Kier molecular flexibility index (Phi) is 5.59. The largest absolute Gasteiger partial charge is 0.348 e. The first-order chi connectivity index (χ1) is 12.8. The zero-order chi connectivity index (χ0) is 19.6. The van der Waals surface area contributed by atoms with E-state index in [0.717, 1.165) is 43.8 Å². The minimum absolute atomic E-state index is 0.00593. The van der Waals surface area contributed by atoms with Crippen LogP contribution in [0.3, 0.4) is 0 Å². The molecule has 1 aromatic rings. The summed E-state index contributed by atoms with van der Waals surface area (Å²) < 4.78 is 2.11. The molecule has 2 aliphatic rings. The van der Waals surface area contributed by atoms with Gasteiger partial charge in [-0.05, 0) is 57.6 Å². The number of hydrogen-bond donors (Lipinski definition) is 1. The summed E-state index contributed by atoms with van der Waals surface area (Å²) in [6, 6.07) is 1.94. The van der Waals surface area contributed by atoms with E-state index in [1.165, 1.54) is 11.1 Å². The Balaban J connectivity index is 1.64. The van der Waals surface area contributed by atoms with Gasteiger partial charge < -0.3 is 14.8 Å². The van der Waals surface area contributed by atoms with Crippen LogP contribution in [-0.4, -0.2) is 41.3 Å². The van der Waals surface area contributed by atoms with Crippen molar-refractivity contribution in [3.8, 4) is 0 Å². The minimum Gasteiger partial charge on any atom is -0.348 e. The molecule has 0 saturated carbocycles. The molecule has 1 amide bonds. The van der Waals surface area contributed by atoms with E-state index >= 15 is 0 Å². The Hall–Kier alpha value is -2.30. The summed E-state index contributed by atoms with van der Waals surface area (Å²) >= 11 is 0. The van der Waals surface area contributed by atoms with Crippen molar-refractivity contribution < 1.29 is 4.79 Å². The Morgan fingerprint density at radius 2 is 2.04 bits per heavy atom. The molecule has 0 spiro atoms. The van der Waals surface area contributed by atoms with Crippen LogP contribution in [0.5, 0.6) is 0 Å². The third kappa shape index (κ3) is 4.02. The van der Waals surface area contributed by atoms with Crippen molar-refractivity contribution in [1.82, 2.24) is 14.8 Å². The quantitative estimate of drug-likeness (QED) is 0.878. The molecule has 1 fully saturated rings. The summed E-state index contributed by atoms with van der Waals surface area (Å²) in [6.45, 7) is 10.2.